The molecule has 248 valence electrons. The molecule has 0 aliphatic heterocycles. The van der Waals surface area contributed by atoms with Gasteiger partial charge in [0.1, 0.15) is 11.4 Å². The maximum atomic E-state index is 13.5. The molecule has 0 fully saturated rings. The fourth-order valence-corrected chi connectivity index (χ4v) is 6.33. The van der Waals surface area contributed by atoms with Crippen LogP contribution in [0.4, 0.5) is 10.8 Å². The lowest BCUT2D eigenvalue weighted by Crippen LogP contribution is -2.30. The third-order valence-corrected chi connectivity index (χ3v) is 9.23. The number of carbonyl (C=O) groups excluding carboxylic acids is 3. The fraction of sp³-hybridized carbons (Fsp3) is 0.0500. The summed E-state index contributed by atoms with van der Waals surface area (Å²) < 4.78 is 5.29. The third kappa shape index (κ3) is 9.13. The number of ether oxygens (including phenoxy) is 1. The van der Waals surface area contributed by atoms with Gasteiger partial charge in [0.05, 0.1) is 18.6 Å². The number of rotatable bonds is 12. The topological polar surface area (TPSA) is 109 Å². The molecule has 0 saturated heterocycles. The second-order valence-electron chi connectivity index (χ2n) is 11.0. The van der Waals surface area contributed by atoms with Gasteiger partial charge >= 0.3 is 0 Å². The molecule has 3 N–H and O–H groups in total. The van der Waals surface area contributed by atoms with Crippen LogP contribution in [0.25, 0.3) is 28.5 Å². The van der Waals surface area contributed by atoms with E-state index in [-0.39, 0.29) is 17.4 Å². The molecule has 0 spiro atoms. The first-order valence-corrected chi connectivity index (χ1v) is 17.5. The molecule has 8 nitrogen and oxygen atoms in total. The molecule has 0 aliphatic rings. The zero-order valence-electron chi connectivity index (χ0n) is 27.0. The maximum absolute atomic E-state index is 13.5. The number of nitrogens with zero attached hydrogens (tertiary/aromatic N) is 1. The highest BCUT2D eigenvalue weighted by molar-refractivity contribution is 8.00. The van der Waals surface area contributed by atoms with Crippen LogP contribution in [0.15, 0.2) is 149 Å². The Morgan fingerprint density at radius 1 is 0.760 bits per heavy atom. The van der Waals surface area contributed by atoms with E-state index in [1.165, 1.54) is 23.1 Å². The Bertz CT molecular complexity index is 2120. The van der Waals surface area contributed by atoms with Crippen LogP contribution in [0.3, 0.4) is 0 Å². The van der Waals surface area contributed by atoms with Gasteiger partial charge in [-0.15, -0.1) is 23.1 Å². The van der Waals surface area contributed by atoms with Gasteiger partial charge in [0.15, 0.2) is 5.13 Å². The predicted molar refractivity (Wildman–Crippen MR) is 202 cm³/mol. The predicted octanol–water partition coefficient (Wildman–Crippen LogP) is 8.63. The lowest BCUT2D eigenvalue weighted by atomic mass is 10.0. The van der Waals surface area contributed by atoms with Gasteiger partial charge in [-0.2, -0.15) is 0 Å². The number of amides is 3. The highest BCUT2D eigenvalue weighted by Gasteiger charge is 2.16. The van der Waals surface area contributed by atoms with Gasteiger partial charge in [-0.25, -0.2) is 4.98 Å². The normalized spacial score (nSPS) is 11.0. The molecule has 0 unspecified atom stereocenters. The second kappa shape index (κ2) is 16.4. The molecule has 0 atom stereocenters. The number of thiazole rings is 1. The van der Waals surface area contributed by atoms with E-state index in [4.69, 9.17) is 4.74 Å². The average Bonchev–Trinajstić information content (AvgIpc) is 3.63. The zero-order chi connectivity index (χ0) is 34.7. The number of hydrogen-bond acceptors (Lipinski definition) is 7. The smallest absolute Gasteiger partial charge is 0.272 e. The standard InChI is InChI=1S/C40H32N4O4S2/c1-48-33-14-8-13-31(24-33)36-25-50-40(43-36)44-37(45)26-49-34-21-19-32(20-22-34)41-39(47)35(42-38(46)30-11-6-3-7-12-30)23-27-15-17-29(18-16-27)28-9-4-2-5-10-28/h2-25H,26H2,1H3,(H,41,47)(H,42,46)(H,43,44,45)/b35-23-. The van der Waals surface area contributed by atoms with Crippen molar-refractivity contribution in [3.8, 4) is 28.1 Å². The third-order valence-electron chi connectivity index (χ3n) is 7.46. The molecule has 3 amide bonds. The first-order valence-electron chi connectivity index (χ1n) is 15.6. The minimum absolute atomic E-state index is 0.0955. The number of anilines is 2. The van der Waals surface area contributed by atoms with Crippen LogP contribution < -0.4 is 20.7 Å². The average molecular weight is 697 g/mol. The molecule has 0 bridgehead atoms. The van der Waals surface area contributed by atoms with Gasteiger partial charge in [0, 0.05) is 27.1 Å². The highest BCUT2D eigenvalue weighted by Crippen LogP contribution is 2.28. The summed E-state index contributed by atoms with van der Waals surface area (Å²) >= 11 is 2.72. The number of carbonyl (C=O) groups is 3. The summed E-state index contributed by atoms with van der Waals surface area (Å²) in [5.74, 6) is -0.133. The van der Waals surface area contributed by atoms with Crippen LogP contribution in [0, 0.1) is 0 Å². The van der Waals surface area contributed by atoms with Crippen molar-refractivity contribution in [2.45, 2.75) is 4.90 Å². The summed E-state index contributed by atoms with van der Waals surface area (Å²) in [6.07, 6.45) is 1.65. The number of nitrogens with one attached hydrogen (secondary N) is 3. The van der Waals surface area contributed by atoms with E-state index in [2.05, 4.69) is 20.9 Å². The van der Waals surface area contributed by atoms with Crippen molar-refractivity contribution < 1.29 is 19.1 Å². The van der Waals surface area contributed by atoms with Crippen molar-refractivity contribution in [1.82, 2.24) is 10.3 Å². The second-order valence-corrected chi connectivity index (χ2v) is 12.9. The first kappa shape index (κ1) is 33.9. The van der Waals surface area contributed by atoms with Crippen LogP contribution in [-0.4, -0.2) is 35.6 Å². The highest BCUT2D eigenvalue weighted by atomic mass is 32.2. The Hall–Kier alpha value is -5.97. The maximum Gasteiger partial charge on any atom is 0.272 e. The lowest BCUT2D eigenvalue weighted by molar-refractivity contribution is -0.114. The van der Waals surface area contributed by atoms with E-state index in [1.807, 2.05) is 102 Å². The lowest BCUT2D eigenvalue weighted by Gasteiger charge is -2.12. The Labute approximate surface area is 298 Å². The summed E-state index contributed by atoms with van der Waals surface area (Å²) in [7, 11) is 1.61. The minimum Gasteiger partial charge on any atom is -0.497 e. The Balaban J connectivity index is 1.08. The van der Waals surface area contributed by atoms with Crippen molar-refractivity contribution in [1.29, 1.82) is 0 Å². The molecule has 50 heavy (non-hydrogen) atoms. The minimum atomic E-state index is -0.474. The van der Waals surface area contributed by atoms with Crippen LogP contribution in [0.5, 0.6) is 5.75 Å². The Morgan fingerprint density at radius 2 is 1.44 bits per heavy atom. The Kier molecular flexibility index (Phi) is 11.1. The molecule has 6 aromatic rings. The summed E-state index contributed by atoms with van der Waals surface area (Å²) in [4.78, 5) is 44.6. The van der Waals surface area contributed by atoms with Gasteiger partial charge in [-0.05, 0) is 71.3 Å². The van der Waals surface area contributed by atoms with Crippen molar-refractivity contribution in [3.05, 3.63) is 156 Å². The quantitative estimate of drug-likeness (QED) is 0.0874. The van der Waals surface area contributed by atoms with Gasteiger partial charge in [0.2, 0.25) is 5.91 Å². The molecule has 1 aromatic heterocycles. The molecular weight excluding hydrogens is 665 g/mol. The van der Waals surface area contributed by atoms with Gasteiger partial charge < -0.3 is 20.7 Å². The van der Waals surface area contributed by atoms with E-state index in [0.29, 0.717) is 16.4 Å². The zero-order valence-corrected chi connectivity index (χ0v) is 28.6. The monoisotopic (exact) mass is 696 g/mol. The van der Waals surface area contributed by atoms with Crippen molar-refractivity contribution in [2.24, 2.45) is 0 Å². The Morgan fingerprint density at radius 3 is 2.16 bits per heavy atom. The first-order chi connectivity index (χ1) is 24.4. The van der Waals surface area contributed by atoms with E-state index in [1.54, 1.807) is 49.6 Å². The summed E-state index contributed by atoms with van der Waals surface area (Å²) in [6.45, 7) is 0. The van der Waals surface area contributed by atoms with Gasteiger partial charge in [-0.3, -0.25) is 14.4 Å². The van der Waals surface area contributed by atoms with E-state index < -0.39 is 11.8 Å². The van der Waals surface area contributed by atoms with Crippen LogP contribution in [-0.2, 0) is 9.59 Å². The molecular formula is C40H32N4O4S2. The largest absolute Gasteiger partial charge is 0.497 e. The molecule has 10 heteroatoms. The van der Waals surface area contributed by atoms with Crippen molar-refractivity contribution in [2.75, 3.05) is 23.5 Å². The van der Waals surface area contributed by atoms with Gasteiger partial charge in [-0.1, -0.05) is 84.9 Å². The summed E-state index contributed by atoms with van der Waals surface area (Å²) in [5.41, 5.74) is 5.60. The fourth-order valence-electron chi connectivity index (χ4n) is 4.89. The molecule has 0 saturated carbocycles. The summed E-state index contributed by atoms with van der Waals surface area (Å²) in [6, 6.07) is 41.2. The molecule has 1 heterocycles. The summed E-state index contributed by atoms with van der Waals surface area (Å²) in [5, 5.41) is 10.9. The van der Waals surface area contributed by atoms with Crippen LogP contribution in [0.1, 0.15) is 15.9 Å². The van der Waals surface area contributed by atoms with Gasteiger partial charge in [0.25, 0.3) is 11.8 Å². The number of benzene rings is 5. The van der Waals surface area contributed by atoms with Crippen molar-refractivity contribution in [3.63, 3.8) is 0 Å². The molecule has 0 radical (unpaired) electrons. The number of methoxy groups -OCH3 is 1. The van der Waals surface area contributed by atoms with Crippen LogP contribution >= 0.6 is 23.1 Å². The van der Waals surface area contributed by atoms with E-state index >= 15 is 0 Å². The van der Waals surface area contributed by atoms with E-state index in [9.17, 15) is 14.4 Å². The SMILES string of the molecule is COc1cccc(-c2csc(NC(=O)CSc3ccc(NC(=O)/C(=C/c4ccc(-c5ccccc5)cc4)NC(=O)c4ccccc4)cc3)n2)c1. The van der Waals surface area contributed by atoms with Crippen LogP contribution in [0.2, 0.25) is 0 Å². The van der Waals surface area contributed by atoms with E-state index in [0.717, 1.165) is 38.6 Å². The number of aromatic nitrogens is 1. The molecule has 6 rings (SSSR count). The number of thioether (sulfide) groups is 1. The number of hydrogen-bond donors (Lipinski definition) is 3. The molecule has 0 aliphatic carbocycles. The van der Waals surface area contributed by atoms with Crippen molar-refractivity contribution >= 4 is 57.7 Å². The molecule has 5 aromatic carbocycles.